The number of amides is 4. The zero-order valence-corrected chi connectivity index (χ0v) is 14.1. The fourth-order valence-corrected chi connectivity index (χ4v) is 2.94. The van der Waals surface area contributed by atoms with Crippen molar-refractivity contribution in [1.29, 1.82) is 0 Å². The highest BCUT2D eigenvalue weighted by Gasteiger charge is 2.39. The number of carbonyl (C=O) groups excluding carboxylic acids is 2. The summed E-state index contributed by atoms with van der Waals surface area (Å²) in [4.78, 5) is 38.2. The minimum absolute atomic E-state index is 0.183. The number of carboxylic acid groups (broad SMARTS) is 1. The Labute approximate surface area is 141 Å². The summed E-state index contributed by atoms with van der Waals surface area (Å²) in [6.07, 6.45) is 2.52. The molecule has 4 amide bonds. The summed E-state index contributed by atoms with van der Waals surface area (Å²) in [5, 5.41) is 14.5. The van der Waals surface area contributed by atoms with Gasteiger partial charge in [-0.05, 0) is 12.8 Å². The van der Waals surface area contributed by atoms with Crippen molar-refractivity contribution in [2.75, 3.05) is 26.2 Å². The largest absolute Gasteiger partial charge is 0.465 e. The van der Waals surface area contributed by atoms with Gasteiger partial charge in [0.25, 0.3) is 0 Å². The summed E-state index contributed by atoms with van der Waals surface area (Å²) in [7, 11) is 0. The molecular weight excluding hydrogens is 312 g/mol. The first-order chi connectivity index (χ1) is 11.4. The second-order valence-corrected chi connectivity index (χ2v) is 6.43. The predicted octanol–water partition coefficient (Wildman–Crippen LogP) is 0.995. The number of unbranched alkanes of at least 4 members (excludes halogenated alkanes) is 2. The van der Waals surface area contributed by atoms with Crippen molar-refractivity contribution < 1.29 is 19.5 Å². The highest BCUT2D eigenvalue weighted by Crippen LogP contribution is 2.22. The van der Waals surface area contributed by atoms with Gasteiger partial charge in [0.1, 0.15) is 6.04 Å². The molecule has 2 rings (SSSR count). The Morgan fingerprint density at radius 1 is 1.29 bits per heavy atom. The van der Waals surface area contributed by atoms with Crippen LogP contribution >= 0.6 is 0 Å². The Morgan fingerprint density at radius 2 is 2.00 bits per heavy atom. The van der Waals surface area contributed by atoms with E-state index in [0.717, 1.165) is 24.8 Å². The van der Waals surface area contributed by atoms with Gasteiger partial charge in [-0.2, -0.15) is 0 Å². The number of carbonyl (C=O) groups is 3. The summed E-state index contributed by atoms with van der Waals surface area (Å²) in [6.45, 7) is 7.54. The fourth-order valence-electron chi connectivity index (χ4n) is 2.94. The standard InChI is InChI=1S/C16H26N4O4/c1-3-4-5-6-17-15(22)20-8-11(2)7-13(20)14(21)18-12-9-19(10-12)16(23)24/h12-13H,2-10H2,1H3,(H,17,22)(H,18,21)(H,23,24). The third kappa shape index (κ3) is 4.39. The highest BCUT2D eigenvalue weighted by atomic mass is 16.4. The Bertz CT molecular complexity index is 516. The third-order valence-corrected chi connectivity index (χ3v) is 4.37. The Balaban J connectivity index is 1.83. The summed E-state index contributed by atoms with van der Waals surface area (Å²) in [6, 6.07) is -0.995. The van der Waals surface area contributed by atoms with Crippen molar-refractivity contribution in [3.8, 4) is 0 Å². The van der Waals surface area contributed by atoms with E-state index in [1.807, 2.05) is 0 Å². The van der Waals surface area contributed by atoms with E-state index in [1.165, 1.54) is 9.80 Å². The molecule has 24 heavy (non-hydrogen) atoms. The number of hydrogen-bond acceptors (Lipinski definition) is 3. The van der Waals surface area contributed by atoms with Crippen molar-refractivity contribution in [3.63, 3.8) is 0 Å². The maximum Gasteiger partial charge on any atom is 0.407 e. The molecule has 0 radical (unpaired) electrons. The SMILES string of the molecule is C=C1CC(C(=O)NC2CN(C(=O)O)C2)N(C(=O)NCCCCC)C1. The first-order valence-electron chi connectivity index (χ1n) is 8.41. The monoisotopic (exact) mass is 338 g/mol. The van der Waals surface area contributed by atoms with Crippen LogP contribution in [-0.2, 0) is 4.79 Å². The minimum atomic E-state index is -0.983. The predicted molar refractivity (Wildman–Crippen MR) is 88.7 cm³/mol. The van der Waals surface area contributed by atoms with Crippen LogP contribution in [0.15, 0.2) is 12.2 Å². The lowest BCUT2D eigenvalue weighted by Gasteiger charge is -2.38. The van der Waals surface area contributed by atoms with Crippen molar-refractivity contribution in [2.24, 2.45) is 0 Å². The van der Waals surface area contributed by atoms with Crippen molar-refractivity contribution in [1.82, 2.24) is 20.4 Å². The van der Waals surface area contributed by atoms with Crippen LogP contribution in [0.2, 0.25) is 0 Å². The first kappa shape index (κ1) is 18.1. The lowest BCUT2D eigenvalue weighted by molar-refractivity contribution is -0.126. The average Bonchev–Trinajstić information content (AvgIpc) is 2.88. The van der Waals surface area contributed by atoms with Crippen LogP contribution in [0.5, 0.6) is 0 Å². The van der Waals surface area contributed by atoms with Crippen LogP contribution in [0.3, 0.4) is 0 Å². The molecule has 0 aromatic rings. The highest BCUT2D eigenvalue weighted by molar-refractivity contribution is 5.89. The second kappa shape index (κ2) is 8.03. The number of likely N-dealkylation sites (tertiary alicyclic amines) is 2. The number of nitrogens with zero attached hydrogens (tertiary/aromatic N) is 2. The van der Waals surface area contributed by atoms with Gasteiger partial charge < -0.3 is 25.5 Å². The lowest BCUT2D eigenvalue weighted by Crippen LogP contribution is -2.63. The molecule has 0 aromatic heterocycles. The molecule has 134 valence electrons. The molecule has 2 heterocycles. The quantitative estimate of drug-likeness (QED) is 0.496. The van der Waals surface area contributed by atoms with Gasteiger partial charge in [0.15, 0.2) is 0 Å². The van der Waals surface area contributed by atoms with E-state index < -0.39 is 12.1 Å². The van der Waals surface area contributed by atoms with Gasteiger partial charge in [0.05, 0.1) is 6.04 Å². The van der Waals surface area contributed by atoms with Gasteiger partial charge >= 0.3 is 12.1 Å². The fraction of sp³-hybridized carbons (Fsp3) is 0.688. The van der Waals surface area contributed by atoms with E-state index in [4.69, 9.17) is 5.11 Å². The normalized spacial score (nSPS) is 20.7. The van der Waals surface area contributed by atoms with E-state index in [0.29, 0.717) is 19.5 Å². The maximum absolute atomic E-state index is 12.4. The average molecular weight is 338 g/mol. The van der Waals surface area contributed by atoms with Gasteiger partial charge in [0, 0.05) is 26.2 Å². The molecule has 1 atom stereocenters. The van der Waals surface area contributed by atoms with Gasteiger partial charge in [-0.1, -0.05) is 31.9 Å². The number of hydrogen-bond donors (Lipinski definition) is 3. The summed E-state index contributed by atoms with van der Waals surface area (Å²) in [5.41, 5.74) is 0.847. The molecule has 8 heteroatoms. The molecule has 2 saturated heterocycles. The second-order valence-electron chi connectivity index (χ2n) is 6.43. The minimum Gasteiger partial charge on any atom is -0.465 e. The van der Waals surface area contributed by atoms with E-state index in [1.54, 1.807) is 0 Å². The zero-order valence-electron chi connectivity index (χ0n) is 14.1. The van der Waals surface area contributed by atoms with Crippen molar-refractivity contribution in [2.45, 2.75) is 44.7 Å². The third-order valence-electron chi connectivity index (χ3n) is 4.37. The molecule has 0 aliphatic carbocycles. The van der Waals surface area contributed by atoms with E-state index in [9.17, 15) is 14.4 Å². The van der Waals surface area contributed by atoms with E-state index >= 15 is 0 Å². The van der Waals surface area contributed by atoms with E-state index in [2.05, 4.69) is 24.1 Å². The Kier molecular flexibility index (Phi) is 6.05. The van der Waals surface area contributed by atoms with Gasteiger partial charge in [-0.15, -0.1) is 0 Å². The van der Waals surface area contributed by atoms with Crippen molar-refractivity contribution in [3.05, 3.63) is 12.2 Å². The summed E-state index contributed by atoms with van der Waals surface area (Å²) in [5.74, 6) is -0.243. The molecule has 2 fully saturated rings. The van der Waals surface area contributed by atoms with Crippen molar-refractivity contribution >= 4 is 18.0 Å². The van der Waals surface area contributed by atoms with Crippen LogP contribution in [0.25, 0.3) is 0 Å². The maximum atomic E-state index is 12.4. The molecule has 0 bridgehead atoms. The molecular formula is C16H26N4O4. The zero-order chi connectivity index (χ0) is 17.7. The molecule has 0 aromatic carbocycles. The van der Waals surface area contributed by atoms with Gasteiger partial charge in [0.2, 0.25) is 5.91 Å². The Morgan fingerprint density at radius 3 is 2.62 bits per heavy atom. The number of nitrogens with one attached hydrogen (secondary N) is 2. The molecule has 2 aliphatic rings. The number of rotatable bonds is 6. The van der Waals surface area contributed by atoms with Gasteiger partial charge in [-0.25, -0.2) is 9.59 Å². The molecule has 0 spiro atoms. The van der Waals surface area contributed by atoms with Crippen LogP contribution in [0.1, 0.15) is 32.6 Å². The van der Waals surface area contributed by atoms with Crippen LogP contribution in [0, 0.1) is 0 Å². The van der Waals surface area contributed by atoms with E-state index in [-0.39, 0.29) is 31.1 Å². The van der Waals surface area contributed by atoms with Crippen LogP contribution in [-0.4, -0.2) is 71.2 Å². The Hall–Kier alpha value is -2.25. The number of urea groups is 1. The molecule has 8 nitrogen and oxygen atoms in total. The smallest absolute Gasteiger partial charge is 0.407 e. The molecule has 1 unspecified atom stereocenters. The van der Waals surface area contributed by atoms with Crippen LogP contribution < -0.4 is 10.6 Å². The molecule has 2 aliphatic heterocycles. The van der Waals surface area contributed by atoms with Crippen LogP contribution in [0.4, 0.5) is 9.59 Å². The molecule has 3 N–H and O–H groups in total. The first-order valence-corrected chi connectivity index (χ1v) is 8.41. The van der Waals surface area contributed by atoms with Gasteiger partial charge in [-0.3, -0.25) is 4.79 Å². The summed E-state index contributed by atoms with van der Waals surface area (Å²) < 4.78 is 0. The topological polar surface area (TPSA) is 102 Å². The summed E-state index contributed by atoms with van der Waals surface area (Å²) >= 11 is 0. The lowest BCUT2D eigenvalue weighted by atomic mass is 10.1. The molecule has 0 saturated carbocycles.